The molecule has 0 saturated carbocycles. The van der Waals surface area contributed by atoms with E-state index in [9.17, 15) is 14.3 Å². The van der Waals surface area contributed by atoms with Crippen LogP contribution in [0.5, 0.6) is 11.5 Å². The molecule has 2 aromatic carbocycles. The molecule has 2 atom stereocenters. The minimum Gasteiger partial charge on any atom is -0.481 e. The van der Waals surface area contributed by atoms with E-state index in [0.29, 0.717) is 48.3 Å². The molecule has 0 radical (unpaired) electrons. The third kappa shape index (κ3) is 4.52. The van der Waals surface area contributed by atoms with Crippen molar-refractivity contribution in [2.45, 2.75) is 18.9 Å². The molecule has 1 N–H and O–H groups in total. The van der Waals surface area contributed by atoms with E-state index in [2.05, 4.69) is 9.80 Å². The van der Waals surface area contributed by atoms with Crippen LogP contribution >= 0.6 is 11.6 Å². The van der Waals surface area contributed by atoms with Crippen LogP contribution in [0.15, 0.2) is 47.5 Å². The fraction of sp³-hybridized carbons (Fsp3) is 0.391. The number of alkyl halides is 1. The summed E-state index contributed by atoms with van der Waals surface area (Å²) in [6.45, 7) is 1.32. The second-order valence-electron chi connectivity index (χ2n) is 7.92. The molecule has 4 rings (SSSR count). The zero-order valence-corrected chi connectivity index (χ0v) is 18.1. The highest BCUT2D eigenvalue weighted by atomic mass is 35.5. The number of nitrogens with zero attached hydrogens (tertiary/aromatic N) is 3. The van der Waals surface area contributed by atoms with E-state index >= 15 is 0 Å². The van der Waals surface area contributed by atoms with Gasteiger partial charge in [-0.25, -0.2) is 4.99 Å². The van der Waals surface area contributed by atoms with E-state index in [1.165, 1.54) is 0 Å². The standard InChI is InChI=1S/C23H25ClFN3O3/c1-27-11-12-28(14-19(27)16(23(29)30)6-4-10-25)22-17-5-2-3-7-20(17)31-21-9-8-15(24)13-18(21)26-22/h2-3,5,7-9,13,16,19H,4,6,10-12,14H2,1H3,(H,29,30)/t16-,19?/m0/s1. The van der Waals surface area contributed by atoms with Gasteiger partial charge >= 0.3 is 5.97 Å². The van der Waals surface area contributed by atoms with Gasteiger partial charge in [0.15, 0.2) is 5.75 Å². The van der Waals surface area contributed by atoms with Crippen LogP contribution < -0.4 is 4.74 Å². The molecule has 0 bridgehead atoms. The number of amidine groups is 1. The molecule has 2 aromatic rings. The van der Waals surface area contributed by atoms with E-state index in [0.717, 1.165) is 11.4 Å². The second-order valence-corrected chi connectivity index (χ2v) is 8.35. The van der Waals surface area contributed by atoms with Crippen molar-refractivity contribution in [2.75, 3.05) is 33.4 Å². The van der Waals surface area contributed by atoms with Gasteiger partial charge in [-0.3, -0.25) is 14.1 Å². The van der Waals surface area contributed by atoms with Gasteiger partial charge in [0.1, 0.15) is 17.3 Å². The minimum atomic E-state index is -0.893. The summed E-state index contributed by atoms with van der Waals surface area (Å²) in [5.74, 6) is 0.484. The van der Waals surface area contributed by atoms with Crippen LogP contribution in [0.2, 0.25) is 5.02 Å². The Hall–Kier alpha value is -2.64. The van der Waals surface area contributed by atoms with Gasteiger partial charge in [-0.15, -0.1) is 0 Å². The highest BCUT2D eigenvalue weighted by molar-refractivity contribution is 6.31. The molecular weight excluding hydrogens is 421 g/mol. The van der Waals surface area contributed by atoms with Crippen LogP contribution in [0.3, 0.4) is 0 Å². The molecule has 8 heteroatoms. The van der Waals surface area contributed by atoms with E-state index in [-0.39, 0.29) is 12.5 Å². The average Bonchev–Trinajstić information content (AvgIpc) is 2.91. The second kappa shape index (κ2) is 9.24. The summed E-state index contributed by atoms with van der Waals surface area (Å²) in [5, 5.41) is 10.4. The number of benzene rings is 2. The molecule has 0 amide bonds. The summed E-state index contributed by atoms with van der Waals surface area (Å²) in [6, 6.07) is 12.7. The number of aliphatic carboxylic acids is 1. The Morgan fingerprint density at radius 2 is 2.10 bits per heavy atom. The first-order chi connectivity index (χ1) is 15.0. The number of carbonyl (C=O) groups is 1. The number of rotatable bonds is 5. The number of likely N-dealkylation sites (N-methyl/N-ethyl adjacent to an activating group) is 1. The Kier molecular flexibility index (Phi) is 6.43. The van der Waals surface area contributed by atoms with Gasteiger partial charge in [0, 0.05) is 30.7 Å². The number of hydrogen-bond acceptors (Lipinski definition) is 5. The van der Waals surface area contributed by atoms with Crippen molar-refractivity contribution in [1.29, 1.82) is 0 Å². The van der Waals surface area contributed by atoms with E-state index in [1.54, 1.807) is 18.2 Å². The molecule has 0 aliphatic carbocycles. The Morgan fingerprint density at radius 3 is 2.87 bits per heavy atom. The predicted octanol–water partition coefficient (Wildman–Crippen LogP) is 4.59. The summed E-state index contributed by atoms with van der Waals surface area (Å²) < 4.78 is 18.9. The number of ether oxygens (including phenoxy) is 1. The van der Waals surface area contributed by atoms with Crippen LogP contribution in [0, 0.1) is 5.92 Å². The molecule has 6 nitrogen and oxygen atoms in total. The Balaban J connectivity index is 1.72. The SMILES string of the molecule is CN1CCN(C2=Nc3cc(Cl)ccc3Oc3ccccc32)CC1[C@H](CCCF)C(=O)O. The third-order valence-electron chi connectivity index (χ3n) is 5.92. The van der Waals surface area contributed by atoms with E-state index < -0.39 is 18.6 Å². The molecule has 31 heavy (non-hydrogen) atoms. The molecule has 1 saturated heterocycles. The monoisotopic (exact) mass is 445 g/mol. The summed E-state index contributed by atoms with van der Waals surface area (Å²) in [7, 11) is 1.93. The number of carboxylic acid groups (broad SMARTS) is 1. The quantitative estimate of drug-likeness (QED) is 0.729. The van der Waals surface area contributed by atoms with Crippen LogP contribution in [0.4, 0.5) is 10.1 Å². The highest BCUT2D eigenvalue weighted by Gasteiger charge is 2.37. The zero-order chi connectivity index (χ0) is 22.0. The lowest BCUT2D eigenvalue weighted by Gasteiger charge is -2.43. The number of halogens is 2. The van der Waals surface area contributed by atoms with Gasteiger partial charge in [-0.2, -0.15) is 0 Å². The van der Waals surface area contributed by atoms with Crippen LogP contribution in [0.25, 0.3) is 0 Å². The van der Waals surface area contributed by atoms with Crippen molar-refractivity contribution in [3.05, 3.63) is 53.1 Å². The molecular formula is C23H25ClFN3O3. The smallest absolute Gasteiger partial charge is 0.308 e. The molecule has 0 aromatic heterocycles. The maximum absolute atomic E-state index is 12.8. The summed E-state index contributed by atoms with van der Waals surface area (Å²) in [6.07, 6.45) is 0.546. The largest absolute Gasteiger partial charge is 0.481 e. The lowest BCUT2D eigenvalue weighted by Crippen LogP contribution is -2.57. The molecule has 0 spiro atoms. The summed E-state index contributed by atoms with van der Waals surface area (Å²) >= 11 is 6.20. The van der Waals surface area contributed by atoms with Crippen LogP contribution in [-0.2, 0) is 4.79 Å². The van der Waals surface area contributed by atoms with Gasteiger partial charge in [-0.05, 0) is 50.2 Å². The van der Waals surface area contributed by atoms with Gasteiger partial charge in [0.2, 0.25) is 0 Å². The van der Waals surface area contributed by atoms with Crippen LogP contribution in [0.1, 0.15) is 18.4 Å². The first-order valence-corrected chi connectivity index (χ1v) is 10.7. The third-order valence-corrected chi connectivity index (χ3v) is 6.16. The van der Waals surface area contributed by atoms with Gasteiger partial charge < -0.3 is 14.7 Å². The van der Waals surface area contributed by atoms with Crippen molar-refractivity contribution >= 4 is 29.1 Å². The molecule has 1 fully saturated rings. The van der Waals surface area contributed by atoms with E-state index in [1.807, 2.05) is 31.3 Å². The maximum Gasteiger partial charge on any atom is 0.308 e. The minimum absolute atomic E-state index is 0.241. The Morgan fingerprint density at radius 1 is 1.29 bits per heavy atom. The Bertz CT molecular complexity index is 1000. The van der Waals surface area contributed by atoms with Gasteiger partial charge in [0.25, 0.3) is 0 Å². The summed E-state index contributed by atoms with van der Waals surface area (Å²) in [5.41, 5.74) is 1.47. The number of aliphatic imine (C=N–C) groups is 1. The fourth-order valence-corrected chi connectivity index (χ4v) is 4.41. The van der Waals surface area contributed by atoms with Gasteiger partial charge in [0.05, 0.1) is 18.2 Å². The first-order valence-electron chi connectivity index (χ1n) is 10.4. The van der Waals surface area contributed by atoms with Crippen molar-refractivity contribution in [3.8, 4) is 11.5 Å². The lowest BCUT2D eigenvalue weighted by atomic mass is 9.91. The lowest BCUT2D eigenvalue weighted by molar-refractivity contribution is -0.145. The predicted molar refractivity (Wildman–Crippen MR) is 118 cm³/mol. The van der Waals surface area contributed by atoms with Crippen molar-refractivity contribution in [2.24, 2.45) is 10.9 Å². The topological polar surface area (TPSA) is 65.4 Å². The molecule has 2 aliphatic rings. The number of hydrogen-bond donors (Lipinski definition) is 1. The van der Waals surface area contributed by atoms with Crippen molar-refractivity contribution in [3.63, 3.8) is 0 Å². The van der Waals surface area contributed by atoms with Crippen molar-refractivity contribution < 1.29 is 19.0 Å². The average molecular weight is 446 g/mol. The molecule has 164 valence electrons. The molecule has 1 unspecified atom stereocenters. The van der Waals surface area contributed by atoms with Gasteiger partial charge in [-0.1, -0.05) is 23.7 Å². The number of para-hydroxylation sites is 1. The summed E-state index contributed by atoms with van der Waals surface area (Å²) in [4.78, 5) is 21.0. The van der Waals surface area contributed by atoms with Crippen molar-refractivity contribution in [1.82, 2.24) is 9.80 Å². The highest BCUT2D eigenvalue weighted by Crippen LogP contribution is 2.40. The van der Waals surface area contributed by atoms with Crippen LogP contribution in [-0.4, -0.2) is 66.1 Å². The fourth-order valence-electron chi connectivity index (χ4n) is 4.24. The van der Waals surface area contributed by atoms with E-state index in [4.69, 9.17) is 21.3 Å². The first kappa shape index (κ1) is 21.6. The Labute approximate surface area is 185 Å². The normalized spacial score (nSPS) is 19.5. The number of piperazine rings is 1. The number of carboxylic acids is 1. The molecule has 2 aliphatic heterocycles. The number of fused-ring (bicyclic) bond motifs is 2. The zero-order valence-electron chi connectivity index (χ0n) is 17.3. The molecule has 2 heterocycles. The maximum atomic E-state index is 12.8.